The molecule has 0 atom stereocenters. The van der Waals surface area contributed by atoms with Gasteiger partial charge in [0.15, 0.2) is 0 Å². The van der Waals surface area contributed by atoms with E-state index in [0.717, 1.165) is 23.6 Å². The van der Waals surface area contributed by atoms with Crippen molar-refractivity contribution < 1.29 is 4.79 Å². The molecule has 0 aromatic heterocycles. The Morgan fingerprint density at radius 3 is 2.91 bits per heavy atom. The maximum absolute atomic E-state index is 10.1. The zero-order valence-corrected chi connectivity index (χ0v) is 7.11. The highest BCUT2D eigenvalue weighted by Gasteiger charge is 2.07. The van der Waals surface area contributed by atoms with Gasteiger partial charge >= 0.3 is 0 Å². The van der Waals surface area contributed by atoms with Gasteiger partial charge in [-0.15, -0.1) is 0 Å². The van der Waals surface area contributed by atoms with E-state index in [0.29, 0.717) is 6.41 Å². The maximum Gasteiger partial charge on any atom is 0.211 e. The van der Waals surface area contributed by atoms with Crippen molar-refractivity contribution in [3.05, 3.63) is 22.4 Å². The van der Waals surface area contributed by atoms with Crippen LogP contribution in [0.4, 0.5) is 0 Å². The average molecular weight is 172 g/mol. The molecule has 1 amide bonds. The van der Waals surface area contributed by atoms with Crippen LogP contribution in [0.2, 0.25) is 0 Å². The topological polar surface area (TPSA) is 29.1 Å². The molecule has 0 radical (unpaired) electrons. The van der Waals surface area contributed by atoms with E-state index in [1.165, 1.54) is 5.57 Å². The Hall–Kier alpha value is -0.760. The Morgan fingerprint density at radius 2 is 2.36 bits per heavy atom. The minimum Gasteiger partial charge on any atom is -0.332 e. The Labute approximate surface area is 70.9 Å². The van der Waals surface area contributed by atoms with Crippen LogP contribution in [0.1, 0.15) is 19.8 Å². The van der Waals surface area contributed by atoms with Gasteiger partial charge in [-0.2, -0.15) is 0 Å². The van der Waals surface area contributed by atoms with Crippen molar-refractivity contribution in [2.45, 2.75) is 19.8 Å². The van der Waals surface area contributed by atoms with E-state index in [-0.39, 0.29) is 0 Å². The molecule has 0 aliphatic heterocycles. The van der Waals surface area contributed by atoms with E-state index in [4.69, 9.17) is 11.6 Å². The highest BCUT2D eigenvalue weighted by atomic mass is 35.5. The lowest BCUT2D eigenvalue weighted by molar-refractivity contribution is -0.109. The fraction of sp³-hybridized carbons (Fsp3) is 0.375. The second-order valence-electron chi connectivity index (χ2n) is 2.56. The number of halogens is 1. The average Bonchev–Trinajstić information content (AvgIpc) is 1.98. The van der Waals surface area contributed by atoms with Crippen LogP contribution in [0, 0.1) is 0 Å². The van der Waals surface area contributed by atoms with Crippen molar-refractivity contribution in [3.63, 3.8) is 0 Å². The van der Waals surface area contributed by atoms with Crippen LogP contribution in [-0.4, -0.2) is 6.41 Å². The predicted octanol–water partition coefficient (Wildman–Crippen LogP) is 1.92. The molecule has 60 valence electrons. The number of rotatable bonds is 2. The fourth-order valence-electron chi connectivity index (χ4n) is 0.979. The van der Waals surface area contributed by atoms with E-state index in [2.05, 4.69) is 5.32 Å². The molecule has 11 heavy (non-hydrogen) atoms. The van der Waals surface area contributed by atoms with Gasteiger partial charge in [-0.05, 0) is 25.8 Å². The van der Waals surface area contributed by atoms with Crippen LogP contribution >= 0.6 is 11.6 Å². The van der Waals surface area contributed by atoms with Gasteiger partial charge in [0.25, 0.3) is 0 Å². The quantitative estimate of drug-likeness (QED) is 0.632. The largest absolute Gasteiger partial charge is 0.332 e. The molecule has 0 saturated carbocycles. The molecule has 1 N–H and O–H groups in total. The predicted molar refractivity (Wildman–Crippen MR) is 45.1 cm³/mol. The first-order chi connectivity index (χ1) is 5.24. The Bertz CT molecular complexity index is 230. The summed E-state index contributed by atoms with van der Waals surface area (Å²) in [5.41, 5.74) is 2.08. The molecule has 1 rings (SSSR count). The van der Waals surface area contributed by atoms with Gasteiger partial charge in [-0.1, -0.05) is 17.2 Å². The van der Waals surface area contributed by atoms with Gasteiger partial charge in [0.1, 0.15) is 0 Å². The molecular formula is C8H10ClNO. The van der Waals surface area contributed by atoms with Gasteiger partial charge < -0.3 is 5.32 Å². The number of nitrogens with one attached hydrogen (secondary N) is 1. The first-order valence-corrected chi connectivity index (χ1v) is 3.88. The standard InChI is InChI=1S/C8H10ClNO/c1-6-2-3-7(10-5-11)4-8(6)9/h4-5H,2-3H2,1H3,(H,10,11). The highest BCUT2D eigenvalue weighted by molar-refractivity contribution is 6.31. The van der Waals surface area contributed by atoms with E-state index >= 15 is 0 Å². The number of amides is 1. The lowest BCUT2D eigenvalue weighted by Crippen LogP contribution is -2.12. The Kier molecular flexibility index (Phi) is 2.71. The molecule has 3 heteroatoms. The molecular weight excluding hydrogens is 162 g/mol. The van der Waals surface area contributed by atoms with Crippen molar-refractivity contribution in [1.82, 2.24) is 5.32 Å². The number of carbonyl (C=O) groups excluding carboxylic acids is 1. The molecule has 0 bridgehead atoms. The molecule has 1 aliphatic rings. The summed E-state index contributed by atoms with van der Waals surface area (Å²) >= 11 is 5.84. The normalized spacial score (nSPS) is 17.8. The van der Waals surface area contributed by atoms with Crippen molar-refractivity contribution >= 4 is 18.0 Å². The third-order valence-corrected chi connectivity index (χ3v) is 2.15. The highest BCUT2D eigenvalue weighted by Crippen LogP contribution is 2.24. The van der Waals surface area contributed by atoms with Crippen LogP contribution in [0.25, 0.3) is 0 Å². The van der Waals surface area contributed by atoms with Crippen LogP contribution in [0.15, 0.2) is 22.4 Å². The lowest BCUT2D eigenvalue weighted by atomic mass is 10.0. The van der Waals surface area contributed by atoms with Crippen LogP contribution in [0.5, 0.6) is 0 Å². The molecule has 0 heterocycles. The molecule has 0 spiro atoms. The first-order valence-electron chi connectivity index (χ1n) is 3.50. The van der Waals surface area contributed by atoms with Crippen molar-refractivity contribution in [3.8, 4) is 0 Å². The smallest absolute Gasteiger partial charge is 0.211 e. The summed E-state index contributed by atoms with van der Waals surface area (Å²) in [6, 6.07) is 0. The van der Waals surface area contributed by atoms with Crippen LogP contribution in [0.3, 0.4) is 0 Å². The second kappa shape index (κ2) is 3.58. The zero-order chi connectivity index (χ0) is 8.27. The van der Waals surface area contributed by atoms with Gasteiger partial charge in [0.2, 0.25) is 6.41 Å². The minimum absolute atomic E-state index is 0.677. The number of allylic oxidation sites excluding steroid dienone is 4. The lowest BCUT2D eigenvalue weighted by Gasteiger charge is -2.12. The summed E-state index contributed by atoms with van der Waals surface area (Å²) in [4.78, 5) is 10.1. The number of carbonyl (C=O) groups is 1. The second-order valence-corrected chi connectivity index (χ2v) is 2.97. The fourth-order valence-corrected chi connectivity index (χ4v) is 1.21. The van der Waals surface area contributed by atoms with E-state index < -0.39 is 0 Å². The summed E-state index contributed by atoms with van der Waals surface area (Å²) in [5, 5.41) is 3.35. The van der Waals surface area contributed by atoms with E-state index in [1.54, 1.807) is 6.08 Å². The molecule has 0 aromatic carbocycles. The molecule has 2 nitrogen and oxygen atoms in total. The summed E-state index contributed by atoms with van der Waals surface area (Å²) in [6.07, 6.45) is 4.29. The number of hydrogen-bond acceptors (Lipinski definition) is 1. The van der Waals surface area contributed by atoms with Crippen molar-refractivity contribution in [2.75, 3.05) is 0 Å². The monoisotopic (exact) mass is 171 g/mol. The van der Waals surface area contributed by atoms with E-state index in [9.17, 15) is 4.79 Å². The van der Waals surface area contributed by atoms with Gasteiger partial charge in [0, 0.05) is 10.7 Å². The molecule has 0 saturated heterocycles. The third-order valence-electron chi connectivity index (χ3n) is 1.72. The summed E-state index contributed by atoms with van der Waals surface area (Å²) in [6.45, 7) is 2.00. The number of hydrogen-bond donors (Lipinski definition) is 1. The van der Waals surface area contributed by atoms with E-state index in [1.807, 2.05) is 6.92 Å². The van der Waals surface area contributed by atoms with Crippen LogP contribution in [-0.2, 0) is 4.79 Å². The molecule has 0 fully saturated rings. The first kappa shape index (κ1) is 8.34. The molecule has 0 unspecified atom stereocenters. The summed E-state index contributed by atoms with van der Waals surface area (Å²) in [7, 11) is 0. The van der Waals surface area contributed by atoms with Gasteiger partial charge in [-0.25, -0.2) is 0 Å². The Morgan fingerprint density at radius 1 is 1.64 bits per heavy atom. The minimum atomic E-state index is 0.677. The third kappa shape index (κ3) is 2.09. The van der Waals surface area contributed by atoms with Gasteiger partial charge in [0.05, 0.1) is 0 Å². The summed E-state index contributed by atoms with van der Waals surface area (Å²) in [5.74, 6) is 0. The van der Waals surface area contributed by atoms with Crippen molar-refractivity contribution in [2.24, 2.45) is 0 Å². The Balaban J connectivity index is 2.72. The SMILES string of the molecule is CC1=C(Cl)C=C(NC=O)CC1. The molecule has 0 aromatic rings. The molecule has 1 aliphatic carbocycles. The zero-order valence-electron chi connectivity index (χ0n) is 6.36. The van der Waals surface area contributed by atoms with Gasteiger partial charge in [-0.3, -0.25) is 4.79 Å². The van der Waals surface area contributed by atoms with Crippen molar-refractivity contribution in [1.29, 1.82) is 0 Å². The van der Waals surface area contributed by atoms with Crippen LogP contribution < -0.4 is 5.32 Å². The summed E-state index contributed by atoms with van der Waals surface area (Å²) < 4.78 is 0. The maximum atomic E-state index is 10.1.